The van der Waals surface area contributed by atoms with Gasteiger partial charge in [-0.25, -0.2) is 0 Å². The quantitative estimate of drug-likeness (QED) is 0.528. The summed E-state index contributed by atoms with van der Waals surface area (Å²) in [5, 5.41) is 3.21. The van der Waals surface area contributed by atoms with Gasteiger partial charge in [-0.2, -0.15) is 0 Å². The SMILES string of the molecule is CC1=CN[C@@H](C)CCO1. The zero-order valence-corrected chi connectivity index (χ0v) is 5.98. The molecule has 1 N–H and O–H groups in total. The highest BCUT2D eigenvalue weighted by molar-refractivity contribution is 4.90. The van der Waals surface area contributed by atoms with E-state index in [4.69, 9.17) is 4.74 Å². The Bertz CT molecular complexity index is 120. The molecule has 52 valence electrons. The molecule has 9 heavy (non-hydrogen) atoms. The second kappa shape index (κ2) is 2.76. The van der Waals surface area contributed by atoms with Gasteiger partial charge < -0.3 is 10.1 Å². The zero-order chi connectivity index (χ0) is 6.69. The van der Waals surface area contributed by atoms with Gasteiger partial charge in [-0.3, -0.25) is 0 Å². The monoisotopic (exact) mass is 127 g/mol. The molecule has 0 aromatic heterocycles. The number of hydrogen-bond donors (Lipinski definition) is 1. The summed E-state index contributed by atoms with van der Waals surface area (Å²) in [6, 6.07) is 0.558. The van der Waals surface area contributed by atoms with Crippen LogP contribution in [-0.4, -0.2) is 12.6 Å². The number of nitrogens with one attached hydrogen (secondary N) is 1. The molecule has 0 aromatic carbocycles. The molecule has 0 fully saturated rings. The van der Waals surface area contributed by atoms with Crippen molar-refractivity contribution in [3.8, 4) is 0 Å². The molecule has 1 aliphatic rings. The summed E-state index contributed by atoms with van der Waals surface area (Å²) in [5.74, 6) is 0.986. The predicted octanol–water partition coefficient (Wildman–Crippen LogP) is 1.25. The molecule has 0 saturated heterocycles. The van der Waals surface area contributed by atoms with Crippen LogP contribution < -0.4 is 5.32 Å². The van der Waals surface area contributed by atoms with Gasteiger partial charge in [0.1, 0.15) is 5.76 Å². The van der Waals surface area contributed by atoms with Crippen LogP contribution in [0.4, 0.5) is 0 Å². The van der Waals surface area contributed by atoms with E-state index in [1.165, 1.54) is 0 Å². The van der Waals surface area contributed by atoms with Crippen molar-refractivity contribution in [2.75, 3.05) is 6.61 Å². The van der Waals surface area contributed by atoms with Gasteiger partial charge in [-0.05, 0) is 13.8 Å². The van der Waals surface area contributed by atoms with Crippen molar-refractivity contribution < 1.29 is 4.74 Å². The number of allylic oxidation sites excluding steroid dienone is 1. The Morgan fingerprint density at radius 3 is 3.33 bits per heavy atom. The minimum Gasteiger partial charge on any atom is -0.497 e. The van der Waals surface area contributed by atoms with Gasteiger partial charge in [0, 0.05) is 18.7 Å². The third-order valence-corrected chi connectivity index (χ3v) is 1.45. The van der Waals surface area contributed by atoms with E-state index < -0.39 is 0 Å². The topological polar surface area (TPSA) is 21.3 Å². The highest BCUT2D eigenvalue weighted by Crippen LogP contribution is 2.02. The molecule has 0 spiro atoms. The van der Waals surface area contributed by atoms with Gasteiger partial charge in [0.2, 0.25) is 0 Å². The van der Waals surface area contributed by atoms with E-state index >= 15 is 0 Å². The van der Waals surface area contributed by atoms with Crippen molar-refractivity contribution in [1.29, 1.82) is 0 Å². The van der Waals surface area contributed by atoms with E-state index in [-0.39, 0.29) is 0 Å². The lowest BCUT2D eigenvalue weighted by Crippen LogP contribution is -2.19. The summed E-state index contributed by atoms with van der Waals surface area (Å²) in [6.45, 7) is 4.96. The Morgan fingerprint density at radius 2 is 2.56 bits per heavy atom. The lowest BCUT2D eigenvalue weighted by Gasteiger charge is -2.05. The summed E-state index contributed by atoms with van der Waals surface area (Å²) in [4.78, 5) is 0. The van der Waals surface area contributed by atoms with E-state index in [1.54, 1.807) is 0 Å². The van der Waals surface area contributed by atoms with E-state index in [2.05, 4.69) is 12.2 Å². The fraction of sp³-hybridized carbons (Fsp3) is 0.714. The van der Waals surface area contributed by atoms with Crippen molar-refractivity contribution in [3.05, 3.63) is 12.0 Å². The first-order valence-corrected chi connectivity index (χ1v) is 3.34. The largest absolute Gasteiger partial charge is 0.497 e. The van der Waals surface area contributed by atoms with Crippen LogP contribution in [0.3, 0.4) is 0 Å². The molecule has 1 atom stereocenters. The predicted molar refractivity (Wildman–Crippen MR) is 36.9 cm³/mol. The highest BCUT2D eigenvalue weighted by atomic mass is 16.5. The zero-order valence-electron chi connectivity index (χ0n) is 5.98. The number of hydrogen-bond acceptors (Lipinski definition) is 2. The van der Waals surface area contributed by atoms with Crippen molar-refractivity contribution in [3.63, 3.8) is 0 Å². The second-order valence-electron chi connectivity index (χ2n) is 2.46. The average molecular weight is 127 g/mol. The van der Waals surface area contributed by atoms with Crippen LogP contribution in [-0.2, 0) is 4.74 Å². The highest BCUT2D eigenvalue weighted by Gasteiger charge is 2.03. The Hall–Kier alpha value is -0.660. The van der Waals surface area contributed by atoms with Gasteiger partial charge in [-0.1, -0.05) is 0 Å². The van der Waals surface area contributed by atoms with E-state index in [0.29, 0.717) is 6.04 Å². The first-order valence-electron chi connectivity index (χ1n) is 3.34. The maximum atomic E-state index is 5.27. The minimum absolute atomic E-state index is 0.558. The molecular formula is C7H13NO. The number of rotatable bonds is 0. The smallest absolute Gasteiger partial charge is 0.108 e. The van der Waals surface area contributed by atoms with Gasteiger partial charge in [0.05, 0.1) is 6.61 Å². The van der Waals surface area contributed by atoms with Crippen LogP contribution in [0.15, 0.2) is 12.0 Å². The molecule has 0 unspecified atom stereocenters. The van der Waals surface area contributed by atoms with E-state index in [9.17, 15) is 0 Å². The van der Waals surface area contributed by atoms with Crippen molar-refractivity contribution >= 4 is 0 Å². The Balaban J connectivity index is 2.42. The molecule has 1 heterocycles. The maximum absolute atomic E-state index is 5.27. The molecular weight excluding hydrogens is 114 g/mol. The summed E-state index contributed by atoms with van der Waals surface area (Å²) in [5.41, 5.74) is 0. The molecule has 2 heteroatoms. The van der Waals surface area contributed by atoms with Crippen LogP contribution in [0.1, 0.15) is 20.3 Å². The molecule has 0 bridgehead atoms. The number of ether oxygens (including phenoxy) is 1. The molecule has 1 aliphatic heterocycles. The fourth-order valence-corrected chi connectivity index (χ4v) is 0.781. The van der Waals surface area contributed by atoms with Crippen LogP contribution >= 0.6 is 0 Å². The van der Waals surface area contributed by atoms with Gasteiger partial charge in [-0.15, -0.1) is 0 Å². The van der Waals surface area contributed by atoms with Crippen LogP contribution in [0.5, 0.6) is 0 Å². The molecule has 1 rings (SSSR count). The van der Waals surface area contributed by atoms with Gasteiger partial charge >= 0.3 is 0 Å². The Morgan fingerprint density at radius 1 is 1.78 bits per heavy atom. The third kappa shape index (κ3) is 1.96. The average Bonchev–Trinajstić information content (AvgIpc) is 1.97. The molecule has 0 amide bonds. The second-order valence-corrected chi connectivity index (χ2v) is 2.46. The summed E-state index contributed by atoms with van der Waals surface area (Å²) in [6.07, 6.45) is 3.02. The normalized spacial score (nSPS) is 27.3. The molecule has 0 aliphatic carbocycles. The van der Waals surface area contributed by atoms with Gasteiger partial charge in [0.15, 0.2) is 0 Å². The first-order chi connectivity index (χ1) is 4.29. The lowest BCUT2D eigenvalue weighted by atomic mass is 10.2. The molecule has 0 radical (unpaired) electrons. The summed E-state index contributed by atoms with van der Waals surface area (Å²) >= 11 is 0. The van der Waals surface area contributed by atoms with Gasteiger partial charge in [0.25, 0.3) is 0 Å². The third-order valence-electron chi connectivity index (χ3n) is 1.45. The Labute approximate surface area is 55.9 Å². The molecule has 2 nitrogen and oxygen atoms in total. The summed E-state index contributed by atoms with van der Waals surface area (Å²) < 4.78 is 5.27. The van der Waals surface area contributed by atoms with Crippen molar-refractivity contribution in [1.82, 2.24) is 5.32 Å². The first kappa shape index (κ1) is 6.46. The lowest BCUT2D eigenvalue weighted by molar-refractivity contribution is 0.212. The van der Waals surface area contributed by atoms with Crippen molar-refractivity contribution in [2.45, 2.75) is 26.3 Å². The van der Waals surface area contributed by atoms with Crippen molar-refractivity contribution in [2.24, 2.45) is 0 Å². The summed E-state index contributed by atoms with van der Waals surface area (Å²) in [7, 11) is 0. The standard InChI is InChI=1S/C7H13NO/c1-6-3-4-9-7(2)5-8-6/h5-6,8H,3-4H2,1-2H3/t6-/m0/s1. The Kier molecular flexibility index (Phi) is 1.98. The fourth-order valence-electron chi connectivity index (χ4n) is 0.781. The molecule has 0 saturated carbocycles. The van der Waals surface area contributed by atoms with Crippen LogP contribution in [0.25, 0.3) is 0 Å². The minimum atomic E-state index is 0.558. The maximum Gasteiger partial charge on any atom is 0.108 e. The van der Waals surface area contributed by atoms with E-state index in [0.717, 1.165) is 18.8 Å². The van der Waals surface area contributed by atoms with Crippen LogP contribution in [0.2, 0.25) is 0 Å². The molecule has 0 aromatic rings. The van der Waals surface area contributed by atoms with Crippen LogP contribution in [0, 0.1) is 0 Å². The van der Waals surface area contributed by atoms with E-state index in [1.807, 2.05) is 13.1 Å².